The molecular weight excluding hydrogens is 307 g/mol. The van der Waals surface area contributed by atoms with Gasteiger partial charge >= 0.3 is 0 Å². The number of halogens is 1. The molecule has 0 radical (unpaired) electrons. The zero-order chi connectivity index (χ0) is 17.4. The molecule has 0 atom stereocenters. The molecule has 24 heavy (non-hydrogen) atoms. The van der Waals surface area contributed by atoms with Crippen LogP contribution in [-0.4, -0.2) is 33.9 Å². The fraction of sp³-hybridized carbons (Fsp3) is 0.389. The standard InChI is InChI=1S/C18H23FN4O/c1-3-11-23(12-4-2)17(24)16-9-10-20-18(22-16)21-13-14-7-5-6-8-15(14)19/h5-10H,3-4,11-13H2,1-2H3,(H,20,21,22). The van der Waals surface area contributed by atoms with Gasteiger partial charge in [0.1, 0.15) is 11.5 Å². The van der Waals surface area contributed by atoms with Gasteiger partial charge < -0.3 is 10.2 Å². The Bertz CT molecular complexity index is 672. The second kappa shape index (κ2) is 8.96. The topological polar surface area (TPSA) is 58.1 Å². The second-order valence-electron chi connectivity index (χ2n) is 5.50. The Balaban J connectivity index is 2.07. The van der Waals surface area contributed by atoms with Gasteiger partial charge in [-0.1, -0.05) is 32.0 Å². The van der Waals surface area contributed by atoms with Crippen LogP contribution in [0.4, 0.5) is 10.3 Å². The first-order valence-corrected chi connectivity index (χ1v) is 8.25. The number of benzene rings is 1. The van der Waals surface area contributed by atoms with Gasteiger partial charge in [0, 0.05) is 31.4 Å². The van der Waals surface area contributed by atoms with E-state index in [0.29, 0.717) is 30.3 Å². The van der Waals surface area contributed by atoms with E-state index in [-0.39, 0.29) is 18.3 Å². The number of aromatic nitrogens is 2. The Morgan fingerprint density at radius 1 is 1.17 bits per heavy atom. The molecule has 0 aliphatic heterocycles. The molecule has 0 saturated heterocycles. The second-order valence-corrected chi connectivity index (χ2v) is 5.50. The lowest BCUT2D eigenvalue weighted by Crippen LogP contribution is -2.33. The van der Waals surface area contributed by atoms with Gasteiger partial charge in [-0.3, -0.25) is 4.79 Å². The predicted octanol–water partition coefficient (Wildman–Crippen LogP) is 3.49. The minimum Gasteiger partial charge on any atom is -0.350 e. The molecule has 0 unspecified atom stereocenters. The van der Waals surface area contributed by atoms with Gasteiger partial charge in [-0.05, 0) is 25.0 Å². The molecule has 5 nitrogen and oxygen atoms in total. The average Bonchev–Trinajstić information content (AvgIpc) is 2.60. The molecular formula is C18H23FN4O. The van der Waals surface area contributed by atoms with Gasteiger partial charge in [0.25, 0.3) is 5.91 Å². The van der Waals surface area contributed by atoms with E-state index in [1.54, 1.807) is 35.4 Å². The van der Waals surface area contributed by atoms with E-state index in [4.69, 9.17) is 0 Å². The third-order valence-electron chi connectivity index (χ3n) is 3.54. The highest BCUT2D eigenvalue weighted by molar-refractivity contribution is 5.92. The maximum atomic E-state index is 13.6. The molecule has 0 aliphatic rings. The number of hydrogen-bond donors (Lipinski definition) is 1. The highest BCUT2D eigenvalue weighted by atomic mass is 19.1. The maximum absolute atomic E-state index is 13.6. The lowest BCUT2D eigenvalue weighted by molar-refractivity contribution is 0.0749. The van der Waals surface area contributed by atoms with Crippen molar-refractivity contribution < 1.29 is 9.18 Å². The number of amides is 1. The van der Waals surface area contributed by atoms with Gasteiger partial charge in [-0.2, -0.15) is 0 Å². The van der Waals surface area contributed by atoms with Crippen LogP contribution in [0.25, 0.3) is 0 Å². The summed E-state index contributed by atoms with van der Waals surface area (Å²) in [6, 6.07) is 8.13. The maximum Gasteiger partial charge on any atom is 0.272 e. The first-order chi connectivity index (χ1) is 11.7. The first kappa shape index (κ1) is 17.8. The zero-order valence-electron chi connectivity index (χ0n) is 14.1. The quantitative estimate of drug-likeness (QED) is 0.805. The van der Waals surface area contributed by atoms with Gasteiger partial charge in [0.05, 0.1) is 0 Å². The fourth-order valence-corrected chi connectivity index (χ4v) is 2.40. The van der Waals surface area contributed by atoms with E-state index >= 15 is 0 Å². The smallest absolute Gasteiger partial charge is 0.272 e. The molecule has 0 spiro atoms. The minimum atomic E-state index is -0.283. The van der Waals surface area contributed by atoms with Crippen molar-refractivity contribution >= 4 is 11.9 Å². The third kappa shape index (κ3) is 4.75. The SMILES string of the molecule is CCCN(CCC)C(=O)c1ccnc(NCc2ccccc2F)n1. The molecule has 0 bridgehead atoms. The van der Waals surface area contributed by atoms with E-state index < -0.39 is 0 Å². The Labute approximate surface area is 141 Å². The van der Waals surface area contributed by atoms with E-state index in [0.717, 1.165) is 12.8 Å². The summed E-state index contributed by atoms with van der Waals surface area (Å²) in [5.41, 5.74) is 0.874. The Morgan fingerprint density at radius 3 is 2.54 bits per heavy atom. The average molecular weight is 330 g/mol. The van der Waals surface area contributed by atoms with Gasteiger partial charge in [-0.25, -0.2) is 14.4 Å². The van der Waals surface area contributed by atoms with Crippen molar-refractivity contribution in [1.29, 1.82) is 0 Å². The molecule has 1 aromatic carbocycles. The largest absolute Gasteiger partial charge is 0.350 e. The van der Waals surface area contributed by atoms with Crippen LogP contribution in [0, 0.1) is 5.82 Å². The van der Waals surface area contributed by atoms with Crippen LogP contribution in [-0.2, 0) is 6.54 Å². The van der Waals surface area contributed by atoms with Crippen molar-refractivity contribution in [3.63, 3.8) is 0 Å². The highest BCUT2D eigenvalue weighted by Crippen LogP contribution is 2.10. The molecule has 2 aromatic rings. The van der Waals surface area contributed by atoms with Crippen LogP contribution >= 0.6 is 0 Å². The van der Waals surface area contributed by atoms with E-state index in [9.17, 15) is 9.18 Å². The van der Waals surface area contributed by atoms with Crippen LogP contribution in [0.5, 0.6) is 0 Å². The number of nitrogens with one attached hydrogen (secondary N) is 1. The molecule has 1 aromatic heterocycles. The molecule has 2 rings (SSSR count). The van der Waals surface area contributed by atoms with Crippen molar-refractivity contribution in [3.8, 4) is 0 Å². The summed E-state index contributed by atoms with van der Waals surface area (Å²) in [4.78, 5) is 22.7. The van der Waals surface area contributed by atoms with Crippen LogP contribution in [0.2, 0.25) is 0 Å². The summed E-state index contributed by atoms with van der Waals surface area (Å²) in [6.07, 6.45) is 3.34. The summed E-state index contributed by atoms with van der Waals surface area (Å²) in [6.45, 7) is 5.75. The predicted molar refractivity (Wildman–Crippen MR) is 92.2 cm³/mol. The van der Waals surface area contributed by atoms with Gasteiger partial charge in [0.15, 0.2) is 0 Å². The first-order valence-electron chi connectivity index (χ1n) is 8.25. The van der Waals surface area contributed by atoms with Crippen LogP contribution in [0.3, 0.4) is 0 Å². The Morgan fingerprint density at radius 2 is 1.88 bits per heavy atom. The van der Waals surface area contributed by atoms with E-state index in [1.165, 1.54) is 6.07 Å². The van der Waals surface area contributed by atoms with Crippen molar-refractivity contribution in [2.24, 2.45) is 0 Å². The monoisotopic (exact) mass is 330 g/mol. The number of nitrogens with zero attached hydrogens (tertiary/aromatic N) is 3. The Kier molecular flexibility index (Phi) is 6.66. The summed E-state index contributed by atoms with van der Waals surface area (Å²) in [5.74, 6) is -0.0682. The van der Waals surface area contributed by atoms with Gasteiger partial charge in [-0.15, -0.1) is 0 Å². The number of rotatable bonds is 8. The van der Waals surface area contributed by atoms with Crippen LogP contribution < -0.4 is 5.32 Å². The zero-order valence-corrected chi connectivity index (χ0v) is 14.1. The molecule has 128 valence electrons. The van der Waals surface area contributed by atoms with Crippen molar-refractivity contribution in [1.82, 2.24) is 14.9 Å². The molecule has 0 fully saturated rings. The molecule has 0 saturated carbocycles. The summed E-state index contributed by atoms with van der Waals surface area (Å²) < 4.78 is 13.6. The third-order valence-corrected chi connectivity index (χ3v) is 3.54. The lowest BCUT2D eigenvalue weighted by atomic mass is 10.2. The van der Waals surface area contributed by atoms with Crippen molar-refractivity contribution in [2.75, 3.05) is 18.4 Å². The Hall–Kier alpha value is -2.50. The summed E-state index contributed by atoms with van der Waals surface area (Å²) >= 11 is 0. The van der Waals surface area contributed by atoms with Crippen molar-refractivity contribution in [3.05, 3.63) is 53.6 Å². The van der Waals surface area contributed by atoms with Crippen molar-refractivity contribution in [2.45, 2.75) is 33.2 Å². The van der Waals surface area contributed by atoms with Gasteiger partial charge in [0.2, 0.25) is 5.95 Å². The van der Waals surface area contributed by atoms with Crippen LogP contribution in [0.15, 0.2) is 36.5 Å². The van der Waals surface area contributed by atoms with E-state index in [1.807, 2.05) is 13.8 Å². The molecule has 1 heterocycles. The summed E-state index contributed by atoms with van der Waals surface area (Å²) in [5, 5.41) is 2.97. The fourth-order valence-electron chi connectivity index (χ4n) is 2.40. The number of hydrogen-bond acceptors (Lipinski definition) is 4. The highest BCUT2D eigenvalue weighted by Gasteiger charge is 2.16. The summed E-state index contributed by atoms with van der Waals surface area (Å²) in [7, 11) is 0. The van der Waals surface area contributed by atoms with Crippen LogP contribution in [0.1, 0.15) is 42.7 Å². The molecule has 1 amide bonds. The number of carbonyl (C=O) groups excluding carboxylic acids is 1. The number of anilines is 1. The minimum absolute atomic E-state index is 0.102. The molecule has 6 heteroatoms. The molecule has 1 N–H and O–H groups in total. The molecule has 0 aliphatic carbocycles. The number of carbonyl (C=O) groups is 1. The lowest BCUT2D eigenvalue weighted by Gasteiger charge is -2.21. The normalized spacial score (nSPS) is 10.5. The van der Waals surface area contributed by atoms with E-state index in [2.05, 4.69) is 15.3 Å².